The van der Waals surface area contributed by atoms with Crippen molar-refractivity contribution in [1.82, 2.24) is 15.1 Å². The smallest absolute Gasteiger partial charge is 0.359 e. The van der Waals surface area contributed by atoms with E-state index in [9.17, 15) is 18.8 Å². The van der Waals surface area contributed by atoms with Gasteiger partial charge in [-0.3, -0.25) is 9.59 Å². The number of nitrogens with zero attached hydrogens (tertiary/aromatic N) is 2. The second-order valence-electron chi connectivity index (χ2n) is 5.77. The first-order valence-electron chi connectivity index (χ1n) is 8.10. The summed E-state index contributed by atoms with van der Waals surface area (Å²) in [6, 6.07) is 12.5. The zero-order valence-electron chi connectivity index (χ0n) is 14.4. The van der Waals surface area contributed by atoms with Gasteiger partial charge in [0.25, 0.3) is 11.5 Å². The number of esters is 1. The van der Waals surface area contributed by atoms with Gasteiger partial charge >= 0.3 is 5.97 Å². The van der Waals surface area contributed by atoms with Crippen LogP contribution in [0, 0.1) is 5.82 Å². The highest BCUT2D eigenvalue weighted by Gasteiger charge is 2.18. The Kier molecular flexibility index (Phi) is 5.25. The Hall–Kier alpha value is -3.55. The van der Waals surface area contributed by atoms with Gasteiger partial charge in [-0.25, -0.2) is 13.9 Å². The average molecular weight is 369 g/mol. The van der Waals surface area contributed by atoms with Crippen LogP contribution in [0.4, 0.5) is 4.39 Å². The molecule has 7 nitrogen and oxygen atoms in total. The van der Waals surface area contributed by atoms with Crippen LogP contribution >= 0.6 is 0 Å². The highest BCUT2D eigenvalue weighted by molar-refractivity contribution is 6.02. The first-order valence-corrected chi connectivity index (χ1v) is 8.10. The molecule has 0 spiro atoms. The van der Waals surface area contributed by atoms with Crippen molar-refractivity contribution < 1.29 is 18.7 Å². The second kappa shape index (κ2) is 7.77. The normalized spacial score (nSPS) is 10.6. The summed E-state index contributed by atoms with van der Waals surface area (Å²) in [5, 5.41) is 7.07. The van der Waals surface area contributed by atoms with Crippen molar-refractivity contribution in [1.29, 1.82) is 0 Å². The number of nitrogens with one attached hydrogen (secondary N) is 1. The van der Waals surface area contributed by atoms with Crippen molar-refractivity contribution >= 4 is 22.6 Å². The Balaban J connectivity index is 1.67. The van der Waals surface area contributed by atoms with Crippen molar-refractivity contribution in [3.8, 4) is 0 Å². The van der Waals surface area contributed by atoms with E-state index in [-0.39, 0.29) is 17.8 Å². The zero-order chi connectivity index (χ0) is 19.4. The lowest BCUT2D eigenvalue weighted by molar-refractivity contribution is -0.124. The molecule has 3 aromatic rings. The summed E-state index contributed by atoms with van der Waals surface area (Å²) in [7, 11) is 1.42. The van der Waals surface area contributed by atoms with Crippen LogP contribution in [-0.2, 0) is 23.1 Å². The molecule has 1 heterocycles. The summed E-state index contributed by atoms with van der Waals surface area (Å²) in [4.78, 5) is 36.2. The molecular weight excluding hydrogens is 353 g/mol. The van der Waals surface area contributed by atoms with Crippen molar-refractivity contribution in [3.63, 3.8) is 0 Å². The van der Waals surface area contributed by atoms with Crippen LogP contribution < -0.4 is 10.9 Å². The van der Waals surface area contributed by atoms with E-state index in [1.807, 2.05) is 0 Å². The predicted molar refractivity (Wildman–Crippen MR) is 95.5 cm³/mol. The van der Waals surface area contributed by atoms with E-state index < -0.39 is 24.3 Å². The molecule has 0 radical (unpaired) electrons. The molecule has 138 valence electrons. The molecule has 0 saturated heterocycles. The van der Waals surface area contributed by atoms with E-state index in [4.69, 9.17) is 4.74 Å². The third-order valence-corrected chi connectivity index (χ3v) is 3.92. The predicted octanol–water partition coefficient (Wildman–Crippen LogP) is 1.55. The molecule has 2 aromatic carbocycles. The monoisotopic (exact) mass is 369 g/mol. The molecule has 0 bridgehead atoms. The lowest BCUT2D eigenvalue weighted by Crippen LogP contribution is -2.29. The first-order chi connectivity index (χ1) is 13.0. The number of benzene rings is 2. The summed E-state index contributed by atoms with van der Waals surface area (Å²) in [5.41, 5.74) is -0.0812. The SMILES string of the molecule is Cn1nc(C(=O)OCC(=O)NCc2ccccc2F)c2ccccc2c1=O. The molecule has 1 aromatic heterocycles. The number of aromatic nitrogens is 2. The van der Waals surface area contributed by atoms with Gasteiger partial charge in [0.1, 0.15) is 5.82 Å². The van der Waals surface area contributed by atoms with Gasteiger partial charge in [-0.05, 0) is 12.1 Å². The maximum absolute atomic E-state index is 13.5. The highest BCUT2D eigenvalue weighted by atomic mass is 19.1. The van der Waals surface area contributed by atoms with Crippen LogP contribution in [-0.4, -0.2) is 28.3 Å². The number of carbonyl (C=O) groups excluding carboxylic acids is 2. The minimum Gasteiger partial charge on any atom is -0.451 e. The molecule has 0 aliphatic carbocycles. The van der Waals surface area contributed by atoms with Crippen molar-refractivity contribution in [2.45, 2.75) is 6.54 Å². The van der Waals surface area contributed by atoms with Gasteiger partial charge in [-0.15, -0.1) is 0 Å². The van der Waals surface area contributed by atoms with Crippen LogP contribution in [0.25, 0.3) is 10.8 Å². The summed E-state index contributed by atoms with van der Waals surface area (Å²) in [5.74, 6) is -1.85. The van der Waals surface area contributed by atoms with E-state index in [1.54, 1.807) is 42.5 Å². The molecule has 1 N–H and O–H groups in total. The van der Waals surface area contributed by atoms with Crippen LogP contribution in [0.15, 0.2) is 53.3 Å². The van der Waals surface area contributed by atoms with Gasteiger partial charge in [0.2, 0.25) is 0 Å². The maximum Gasteiger partial charge on any atom is 0.359 e. The first kappa shape index (κ1) is 18.2. The molecular formula is C19H16FN3O4. The van der Waals surface area contributed by atoms with Crippen LogP contribution in [0.5, 0.6) is 0 Å². The Morgan fingerprint density at radius 3 is 2.52 bits per heavy atom. The molecule has 0 unspecified atom stereocenters. The molecule has 8 heteroatoms. The zero-order valence-corrected chi connectivity index (χ0v) is 14.4. The fourth-order valence-electron chi connectivity index (χ4n) is 2.54. The van der Waals surface area contributed by atoms with Gasteiger partial charge < -0.3 is 10.1 Å². The third kappa shape index (κ3) is 4.00. The second-order valence-corrected chi connectivity index (χ2v) is 5.77. The fraction of sp³-hybridized carbons (Fsp3) is 0.158. The van der Waals surface area contributed by atoms with Gasteiger partial charge in [-0.2, -0.15) is 5.10 Å². The van der Waals surface area contributed by atoms with Gasteiger partial charge in [0.05, 0.1) is 5.39 Å². The number of hydrogen-bond donors (Lipinski definition) is 1. The summed E-state index contributed by atoms with van der Waals surface area (Å²) in [6.07, 6.45) is 0. The Morgan fingerprint density at radius 1 is 1.11 bits per heavy atom. The maximum atomic E-state index is 13.5. The van der Waals surface area contributed by atoms with E-state index in [2.05, 4.69) is 10.4 Å². The number of halogens is 1. The van der Waals surface area contributed by atoms with Crippen LogP contribution in [0.2, 0.25) is 0 Å². The minimum atomic E-state index is -0.831. The van der Waals surface area contributed by atoms with Crippen LogP contribution in [0.1, 0.15) is 16.1 Å². The lowest BCUT2D eigenvalue weighted by Gasteiger charge is -2.09. The topological polar surface area (TPSA) is 90.3 Å². The highest BCUT2D eigenvalue weighted by Crippen LogP contribution is 2.14. The molecule has 3 rings (SSSR count). The van der Waals surface area contributed by atoms with E-state index in [0.29, 0.717) is 16.3 Å². The van der Waals surface area contributed by atoms with E-state index >= 15 is 0 Å². The van der Waals surface area contributed by atoms with Gasteiger partial charge in [0, 0.05) is 24.5 Å². The quantitative estimate of drug-likeness (QED) is 0.689. The van der Waals surface area contributed by atoms with Gasteiger partial charge in [0.15, 0.2) is 12.3 Å². The molecule has 1 amide bonds. The number of hydrogen-bond acceptors (Lipinski definition) is 5. The molecule has 0 aliphatic heterocycles. The Labute approximate surface area is 153 Å². The standard InChI is InChI=1S/C19H16FN3O4/c1-23-18(25)14-8-4-3-7-13(14)17(22-23)19(26)27-11-16(24)21-10-12-6-2-5-9-15(12)20/h2-9H,10-11H2,1H3,(H,21,24). The molecule has 27 heavy (non-hydrogen) atoms. The Morgan fingerprint density at radius 2 is 1.78 bits per heavy atom. The van der Waals surface area contributed by atoms with E-state index in [0.717, 1.165) is 4.68 Å². The van der Waals surface area contributed by atoms with Crippen molar-refractivity contribution in [2.75, 3.05) is 6.61 Å². The van der Waals surface area contributed by atoms with Crippen molar-refractivity contribution in [3.05, 3.63) is 76.0 Å². The molecule has 0 fully saturated rings. The number of fused-ring (bicyclic) bond motifs is 1. The van der Waals surface area contributed by atoms with Gasteiger partial charge in [-0.1, -0.05) is 36.4 Å². The largest absolute Gasteiger partial charge is 0.451 e. The van der Waals surface area contributed by atoms with E-state index in [1.165, 1.54) is 13.1 Å². The third-order valence-electron chi connectivity index (χ3n) is 3.92. The number of rotatable bonds is 5. The minimum absolute atomic E-state index is 0.0237. The molecule has 0 saturated carbocycles. The molecule has 0 atom stereocenters. The summed E-state index contributed by atoms with van der Waals surface area (Å²) >= 11 is 0. The number of carbonyl (C=O) groups is 2. The molecule has 0 aliphatic rings. The average Bonchev–Trinajstić information content (AvgIpc) is 2.68. The summed E-state index contributed by atoms with van der Waals surface area (Å²) < 4.78 is 19.5. The fourth-order valence-corrected chi connectivity index (χ4v) is 2.54. The van der Waals surface area contributed by atoms with Crippen molar-refractivity contribution in [2.24, 2.45) is 7.05 Å². The number of aryl methyl sites for hydroxylation is 1. The van der Waals surface area contributed by atoms with Crippen LogP contribution in [0.3, 0.4) is 0 Å². The number of amides is 1. The lowest BCUT2D eigenvalue weighted by atomic mass is 10.1. The number of ether oxygens (including phenoxy) is 1. The Bertz CT molecular complexity index is 1080. The summed E-state index contributed by atoms with van der Waals surface area (Å²) in [6.45, 7) is -0.573.